The zero-order chi connectivity index (χ0) is 19.8. The fourth-order valence-corrected chi connectivity index (χ4v) is 3.57. The molecule has 154 valence electrons. The van der Waals surface area contributed by atoms with Crippen LogP contribution in [-0.4, -0.2) is 62.4 Å². The van der Waals surface area contributed by atoms with E-state index in [1.807, 2.05) is 37.3 Å². The second-order valence-corrected chi connectivity index (χ2v) is 7.35. The van der Waals surface area contributed by atoms with Crippen molar-refractivity contribution in [2.75, 3.05) is 33.3 Å². The van der Waals surface area contributed by atoms with Crippen LogP contribution in [0.5, 0.6) is 5.75 Å². The number of rotatable bonds is 7. The summed E-state index contributed by atoms with van der Waals surface area (Å²) in [6.45, 7) is 4.67. The number of alkyl carbamates (subject to hydrolysis) is 1. The van der Waals surface area contributed by atoms with E-state index < -0.39 is 0 Å². The number of likely N-dealkylation sites (tertiary alicyclic amines) is 1. The number of amides is 1. The number of nitrogens with zero attached hydrogens (tertiary/aromatic N) is 2. The number of benzene rings is 1. The van der Waals surface area contributed by atoms with Gasteiger partial charge in [0, 0.05) is 39.5 Å². The smallest absolute Gasteiger partial charge is 0.407 e. The number of carbonyl (C=O) groups excluding carboxylic acids is 1. The standard InChI is InChI=1S/C21H32N4O3/c1-3-27-21(26)24-19(16-9-10-16)15-23-20(22-2)25-13-11-18(12-14-25)28-17-7-5-4-6-8-17/h4-8,16,18-19H,3,9-15H2,1-2H3,(H,22,23)(H,24,26). The summed E-state index contributed by atoms with van der Waals surface area (Å²) in [6, 6.07) is 10.1. The van der Waals surface area contributed by atoms with Crippen molar-refractivity contribution < 1.29 is 14.3 Å². The van der Waals surface area contributed by atoms with Gasteiger partial charge in [-0.3, -0.25) is 4.99 Å². The topological polar surface area (TPSA) is 75.2 Å². The highest BCUT2D eigenvalue weighted by molar-refractivity contribution is 5.80. The Morgan fingerprint density at radius 3 is 2.54 bits per heavy atom. The van der Waals surface area contributed by atoms with E-state index in [1.54, 1.807) is 7.05 Å². The number of aliphatic imine (C=N–C) groups is 1. The molecule has 1 saturated heterocycles. The summed E-state index contributed by atoms with van der Waals surface area (Å²) < 4.78 is 11.1. The van der Waals surface area contributed by atoms with Crippen LogP contribution in [-0.2, 0) is 4.74 Å². The molecule has 1 heterocycles. The lowest BCUT2D eigenvalue weighted by Gasteiger charge is -2.34. The van der Waals surface area contributed by atoms with Crippen LogP contribution in [0, 0.1) is 5.92 Å². The minimum atomic E-state index is -0.338. The Labute approximate surface area is 167 Å². The molecule has 1 aliphatic carbocycles. The zero-order valence-electron chi connectivity index (χ0n) is 16.9. The van der Waals surface area contributed by atoms with Gasteiger partial charge in [-0.05, 0) is 37.8 Å². The van der Waals surface area contributed by atoms with Gasteiger partial charge in [-0.25, -0.2) is 4.79 Å². The molecule has 1 atom stereocenters. The molecule has 2 N–H and O–H groups in total. The lowest BCUT2D eigenvalue weighted by molar-refractivity contribution is 0.129. The maximum absolute atomic E-state index is 11.8. The van der Waals surface area contributed by atoms with E-state index >= 15 is 0 Å². The predicted octanol–water partition coefficient (Wildman–Crippen LogP) is 2.63. The summed E-state index contributed by atoms with van der Waals surface area (Å²) in [7, 11) is 1.81. The van der Waals surface area contributed by atoms with Crippen LogP contribution >= 0.6 is 0 Å². The maximum Gasteiger partial charge on any atom is 0.407 e. The lowest BCUT2D eigenvalue weighted by Crippen LogP contribution is -2.51. The Balaban J connectivity index is 1.44. The molecule has 1 amide bonds. The molecule has 1 aromatic rings. The van der Waals surface area contributed by atoms with E-state index in [9.17, 15) is 4.79 Å². The van der Waals surface area contributed by atoms with Gasteiger partial charge in [0.05, 0.1) is 12.6 Å². The van der Waals surface area contributed by atoms with E-state index in [2.05, 4.69) is 20.5 Å². The number of hydrogen-bond acceptors (Lipinski definition) is 4. The molecule has 1 unspecified atom stereocenters. The summed E-state index contributed by atoms with van der Waals surface area (Å²) in [4.78, 5) is 18.5. The van der Waals surface area contributed by atoms with Crippen LogP contribution in [0.1, 0.15) is 32.6 Å². The number of carbonyl (C=O) groups is 1. The number of hydrogen-bond donors (Lipinski definition) is 2. The monoisotopic (exact) mass is 388 g/mol. The first-order valence-electron chi connectivity index (χ1n) is 10.3. The summed E-state index contributed by atoms with van der Waals surface area (Å²) in [5, 5.41) is 6.42. The molecule has 0 radical (unpaired) electrons. The van der Waals surface area contributed by atoms with E-state index in [0.29, 0.717) is 19.1 Å². The van der Waals surface area contributed by atoms with Crippen molar-refractivity contribution in [3.05, 3.63) is 30.3 Å². The molecule has 3 rings (SSSR count). The summed E-state index contributed by atoms with van der Waals surface area (Å²) in [6.07, 6.45) is 4.13. The first-order chi connectivity index (χ1) is 13.7. The van der Waals surface area contributed by atoms with Gasteiger partial charge in [-0.15, -0.1) is 0 Å². The predicted molar refractivity (Wildman–Crippen MR) is 110 cm³/mol. The Morgan fingerprint density at radius 1 is 1.21 bits per heavy atom. The molecule has 7 heteroatoms. The number of piperidine rings is 1. The van der Waals surface area contributed by atoms with Crippen molar-refractivity contribution in [2.45, 2.75) is 44.8 Å². The van der Waals surface area contributed by atoms with E-state index in [1.165, 1.54) is 0 Å². The van der Waals surface area contributed by atoms with Gasteiger partial charge in [-0.2, -0.15) is 0 Å². The molecule has 2 aliphatic rings. The van der Waals surface area contributed by atoms with Gasteiger partial charge >= 0.3 is 6.09 Å². The zero-order valence-corrected chi connectivity index (χ0v) is 16.9. The second-order valence-electron chi connectivity index (χ2n) is 7.35. The Hall–Kier alpha value is -2.44. The third kappa shape index (κ3) is 6.04. The molecular formula is C21H32N4O3. The third-order valence-corrected chi connectivity index (χ3v) is 5.25. The minimum Gasteiger partial charge on any atom is -0.490 e. The third-order valence-electron chi connectivity index (χ3n) is 5.25. The highest BCUT2D eigenvalue weighted by atomic mass is 16.5. The van der Waals surface area contributed by atoms with Crippen molar-refractivity contribution in [1.29, 1.82) is 0 Å². The second kappa shape index (κ2) is 10.2. The molecule has 0 aromatic heterocycles. The number of ether oxygens (including phenoxy) is 2. The Kier molecular flexibility index (Phi) is 7.39. The van der Waals surface area contributed by atoms with Crippen molar-refractivity contribution in [3.8, 4) is 5.75 Å². The molecule has 28 heavy (non-hydrogen) atoms. The molecule has 1 aromatic carbocycles. The van der Waals surface area contributed by atoms with Crippen molar-refractivity contribution in [1.82, 2.24) is 15.5 Å². The first-order valence-corrected chi connectivity index (χ1v) is 10.3. The molecule has 0 spiro atoms. The van der Waals surface area contributed by atoms with Crippen molar-refractivity contribution >= 4 is 12.1 Å². The minimum absolute atomic E-state index is 0.0785. The molecule has 1 saturated carbocycles. The van der Waals surface area contributed by atoms with Crippen LogP contribution in [0.2, 0.25) is 0 Å². The Bertz CT molecular complexity index is 640. The number of para-hydroxylation sites is 1. The van der Waals surface area contributed by atoms with Crippen molar-refractivity contribution in [2.24, 2.45) is 10.9 Å². The molecule has 2 fully saturated rings. The van der Waals surface area contributed by atoms with Gasteiger partial charge in [0.25, 0.3) is 0 Å². The normalized spacial score (nSPS) is 19.1. The van der Waals surface area contributed by atoms with E-state index in [0.717, 1.165) is 50.5 Å². The summed E-state index contributed by atoms with van der Waals surface area (Å²) in [5.74, 6) is 2.34. The van der Waals surface area contributed by atoms with Crippen LogP contribution < -0.4 is 15.4 Å². The number of guanidine groups is 1. The highest BCUT2D eigenvalue weighted by Crippen LogP contribution is 2.32. The van der Waals surface area contributed by atoms with Gasteiger partial charge in [0.1, 0.15) is 11.9 Å². The molecular weight excluding hydrogens is 356 g/mol. The Morgan fingerprint density at radius 2 is 1.93 bits per heavy atom. The van der Waals surface area contributed by atoms with Crippen molar-refractivity contribution in [3.63, 3.8) is 0 Å². The molecule has 7 nitrogen and oxygen atoms in total. The van der Waals surface area contributed by atoms with Gasteiger partial charge < -0.3 is 25.0 Å². The number of nitrogens with one attached hydrogen (secondary N) is 2. The van der Waals surface area contributed by atoms with E-state index in [-0.39, 0.29) is 18.2 Å². The summed E-state index contributed by atoms with van der Waals surface area (Å²) >= 11 is 0. The van der Waals surface area contributed by atoms with E-state index in [4.69, 9.17) is 9.47 Å². The van der Waals surface area contributed by atoms with Gasteiger partial charge in [0.15, 0.2) is 5.96 Å². The van der Waals surface area contributed by atoms with Crippen LogP contribution in [0.15, 0.2) is 35.3 Å². The lowest BCUT2D eigenvalue weighted by atomic mass is 10.1. The van der Waals surface area contributed by atoms with Crippen LogP contribution in [0.3, 0.4) is 0 Å². The summed E-state index contributed by atoms with van der Waals surface area (Å²) in [5.41, 5.74) is 0. The average molecular weight is 389 g/mol. The maximum atomic E-state index is 11.8. The van der Waals surface area contributed by atoms with Crippen LogP contribution in [0.25, 0.3) is 0 Å². The van der Waals surface area contributed by atoms with Gasteiger partial charge in [-0.1, -0.05) is 18.2 Å². The average Bonchev–Trinajstić information content (AvgIpc) is 3.55. The quantitative estimate of drug-likeness (QED) is 0.555. The fourth-order valence-electron chi connectivity index (χ4n) is 3.57. The van der Waals surface area contributed by atoms with Crippen LogP contribution in [0.4, 0.5) is 4.79 Å². The SMILES string of the molecule is CCOC(=O)NC(CNC(=NC)N1CCC(Oc2ccccc2)CC1)C1CC1. The molecule has 1 aliphatic heterocycles. The fraction of sp³-hybridized carbons (Fsp3) is 0.619. The largest absolute Gasteiger partial charge is 0.490 e. The molecule has 0 bridgehead atoms. The van der Waals surface area contributed by atoms with Gasteiger partial charge in [0.2, 0.25) is 0 Å². The highest BCUT2D eigenvalue weighted by Gasteiger charge is 2.33. The first kappa shape index (κ1) is 20.3.